The minimum atomic E-state index is -0.0779. The molecule has 1 N–H and O–H groups in total. The number of nitrogens with zero attached hydrogens (tertiary/aromatic N) is 2. The molecule has 28 heavy (non-hydrogen) atoms. The van der Waals surface area contributed by atoms with E-state index in [1.54, 1.807) is 4.90 Å². The van der Waals surface area contributed by atoms with Gasteiger partial charge in [-0.1, -0.05) is 43.3 Å². The van der Waals surface area contributed by atoms with Crippen molar-refractivity contribution in [3.63, 3.8) is 0 Å². The van der Waals surface area contributed by atoms with Crippen LogP contribution in [0.25, 0.3) is 0 Å². The van der Waals surface area contributed by atoms with Crippen LogP contribution in [0.4, 0.5) is 4.79 Å². The SMILES string of the molecule is CCOc1ccc(CN(C)C(=O)NCC(c2ccc(CC)cc2)N(C)C)cc1. The lowest BCUT2D eigenvalue weighted by molar-refractivity contribution is 0.200. The standard InChI is InChI=1S/C23H33N3O2/c1-6-18-8-12-20(13-9-18)22(25(3)4)16-24-23(27)26(5)17-19-10-14-21(15-11-19)28-7-2/h8-15,22H,6-7,16-17H2,1-5H3,(H,24,27). The number of carbonyl (C=O) groups excluding carboxylic acids is 1. The second-order valence-electron chi connectivity index (χ2n) is 7.19. The van der Waals surface area contributed by atoms with Crippen molar-refractivity contribution < 1.29 is 9.53 Å². The molecule has 0 heterocycles. The second-order valence-corrected chi connectivity index (χ2v) is 7.19. The van der Waals surface area contributed by atoms with Gasteiger partial charge in [0.2, 0.25) is 0 Å². The second kappa shape index (κ2) is 10.7. The number of amides is 2. The Morgan fingerprint density at radius 1 is 0.964 bits per heavy atom. The van der Waals surface area contributed by atoms with Gasteiger partial charge in [0.05, 0.1) is 12.6 Å². The fraction of sp³-hybridized carbons (Fsp3) is 0.435. The molecule has 1 unspecified atom stereocenters. The van der Waals surface area contributed by atoms with Gasteiger partial charge in [-0.3, -0.25) is 0 Å². The Morgan fingerprint density at radius 2 is 1.57 bits per heavy atom. The van der Waals surface area contributed by atoms with Gasteiger partial charge in [0.25, 0.3) is 0 Å². The minimum Gasteiger partial charge on any atom is -0.494 e. The summed E-state index contributed by atoms with van der Waals surface area (Å²) in [5.41, 5.74) is 3.59. The van der Waals surface area contributed by atoms with Gasteiger partial charge in [-0.2, -0.15) is 0 Å². The van der Waals surface area contributed by atoms with Gasteiger partial charge in [0.15, 0.2) is 0 Å². The summed E-state index contributed by atoms with van der Waals surface area (Å²) in [7, 11) is 5.88. The lowest BCUT2D eigenvalue weighted by atomic mass is 10.0. The van der Waals surface area contributed by atoms with E-state index in [0.717, 1.165) is 17.7 Å². The third kappa shape index (κ3) is 6.27. The number of carbonyl (C=O) groups is 1. The van der Waals surface area contributed by atoms with Crippen LogP contribution in [0.2, 0.25) is 0 Å². The molecule has 2 amide bonds. The highest BCUT2D eigenvalue weighted by Crippen LogP contribution is 2.19. The van der Waals surface area contributed by atoms with Gasteiger partial charge in [-0.25, -0.2) is 4.79 Å². The van der Waals surface area contributed by atoms with Crippen molar-refractivity contribution >= 4 is 6.03 Å². The van der Waals surface area contributed by atoms with Gasteiger partial charge in [0.1, 0.15) is 5.75 Å². The highest BCUT2D eigenvalue weighted by molar-refractivity contribution is 5.73. The van der Waals surface area contributed by atoms with Crippen LogP contribution < -0.4 is 10.1 Å². The molecule has 0 aliphatic heterocycles. The summed E-state index contributed by atoms with van der Waals surface area (Å²) in [5.74, 6) is 0.848. The van der Waals surface area contributed by atoms with E-state index < -0.39 is 0 Å². The van der Waals surface area contributed by atoms with Crippen molar-refractivity contribution in [3.05, 3.63) is 65.2 Å². The Hall–Kier alpha value is -2.53. The van der Waals surface area contributed by atoms with Gasteiger partial charge in [-0.15, -0.1) is 0 Å². The van der Waals surface area contributed by atoms with Crippen molar-refractivity contribution in [2.75, 3.05) is 34.3 Å². The fourth-order valence-electron chi connectivity index (χ4n) is 3.10. The van der Waals surface area contributed by atoms with Gasteiger partial charge < -0.3 is 19.9 Å². The molecule has 2 aromatic rings. The Labute approximate surface area is 169 Å². The smallest absolute Gasteiger partial charge is 0.317 e. The number of benzene rings is 2. The van der Waals surface area contributed by atoms with Crippen LogP contribution in [-0.2, 0) is 13.0 Å². The maximum atomic E-state index is 12.5. The molecular weight excluding hydrogens is 350 g/mol. The number of likely N-dealkylation sites (N-methyl/N-ethyl adjacent to an activating group) is 1. The van der Waals surface area contributed by atoms with Crippen molar-refractivity contribution in [2.24, 2.45) is 0 Å². The highest BCUT2D eigenvalue weighted by atomic mass is 16.5. The zero-order valence-corrected chi connectivity index (χ0v) is 17.7. The molecule has 5 heteroatoms. The van der Waals surface area contributed by atoms with Crippen LogP contribution in [0.5, 0.6) is 5.75 Å². The van der Waals surface area contributed by atoms with Crippen molar-refractivity contribution in [2.45, 2.75) is 32.9 Å². The number of nitrogens with one attached hydrogen (secondary N) is 1. The van der Waals surface area contributed by atoms with Crippen molar-refractivity contribution in [1.29, 1.82) is 0 Å². The average Bonchev–Trinajstić information content (AvgIpc) is 2.70. The first kappa shape index (κ1) is 21.8. The van der Waals surface area contributed by atoms with Gasteiger partial charge in [0, 0.05) is 20.1 Å². The number of urea groups is 1. The van der Waals surface area contributed by atoms with E-state index in [0.29, 0.717) is 19.7 Å². The molecule has 0 aliphatic rings. The van der Waals surface area contributed by atoms with Gasteiger partial charge >= 0.3 is 6.03 Å². The maximum absolute atomic E-state index is 12.5. The highest BCUT2D eigenvalue weighted by Gasteiger charge is 2.17. The van der Waals surface area contributed by atoms with Crippen LogP contribution >= 0.6 is 0 Å². The van der Waals surface area contributed by atoms with E-state index in [1.807, 2.05) is 52.3 Å². The van der Waals surface area contributed by atoms with E-state index in [-0.39, 0.29) is 12.1 Å². The number of hydrogen-bond donors (Lipinski definition) is 1. The van der Waals surface area contributed by atoms with E-state index in [9.17, 15) is 4.79 Å². The number of rotatable bonds is 9. The summed E-state index contributed by atoms with van der Waals surface area (Å²) >= 11 is 0. The number of aryl methyl sites for hydroxylation is 1. The first-order valence-electron chi connectivity index (χ1n) is 9.90. The topological polar surface area (TPSA) is 44.8 Å². The molecule has 2 aromatic carbocycles. The first-order chi connectivity index (χ1) is 13.4. The van der Waals surface area contributed by atoms with Crippen LogP contribution in [-0.4, -0.2) is 50.1 Å². The minimum absolute atomic E-state index is 0.0779. The molecule has 152 valence electrons. The monoisotopic (exact) mass is 383 g/mol. The van der Waals surface area contributed by atoms with Crippen LogP contribution in [0.3, 0.4) is 0 Å². The predicted molar refractivity (Wildman–Crippen MR) is 115 cm³/mol. The summed E-state index contributed by atoms with van der Waals surface area (Å²) in [6.45, 7) is 5.88. The molecule has 0 aromatic heterocycles. The molecule has 0 fully saturated rings. The normalized spacial score (nSPS) is 11.9. The molecule has 0 saturated carbocycles. The molecule has 1 atom stereocenters. The molecule has 0 radical (unpaired) electrons. The van der Waals surface area contributed by atoms with E-state index in [1.165, 1.54) is 11.1 Å². The molecule has 2 rings (SSSR count). The zero-order valence-electron chi connectivity index (χ0n) is 17.7. The van der Waals surface area contributed by atoms with E-state index in [4.69, 9.17) is 4.74 Å². The van der Waals surface area contributed by atoms with Crippen LogP contribution in [0.1, 0.15) is 36.6 Å². The summed E-state index contributed by atoms with van der Waals surface area (Å²) in [4.78, 5) is 16.4. The molecule has 5 nitrogen and oxygen atoms in total. The van der Waals surface area contributed by atoms with E-state index >= 15 is 0 Å². The zero-order chi connectivity index (χ0) is 20.5. The summed E-state index contributed by atoms with van der Waals surface area (Å²) in [5, 5.41) is 3.06. The molecule has 0 bridgehead atoms. The maximum Gasteiger partial charge on any atom is 0.317 e. The number of ether oxygens (including phenoxy) is 1. The summed E-state index contributed by atoms with van der Waals surface area (Å²) in [6, 6.07) is 16.5. The number of hydrogen-bond acceptors (Lipinski definition) is 3. The predicted octanol–water partition coefficient (Wildman–Crippen LogP) is 4.09. The lowest BCUT2D eigenvalue weighted by Crippen LogP contribution is -2.41. The van der Waals surface area contributed by atoms with Crippen LogP contribution in [0.15, 0.2) is 48.5 Å². The summed E-state index contributed by atoms with van der Waals surface area (Å²) < 4.78 is 5.46. The first-order valence-corrected chi connectivity index (χ1v) is 9.90. The molecule has 0 spiro atoms. The average molecular weight is 384 g/mol. The molecule has 0 saturated heterocycles. The van der Waals surface area contributed by atoms with E-state index in [2.05, 4.69) is 41.4 Å². The Balaban J connectivity index is 1.91. The molecular formula is C23H33N3O2. The van der Waals surface area contributed by atoms with Crippen LogP contribution in [0, 0.1) is 0 Å². The lowest BCUT2D eigenvalue weighted by Gasteiger charge is -2.27. The quantitative estimate of drug-likeness (QED) is 0.709. The Morgan fingerprint density at radius 3 is 2.11 bits per heavy atom. The largest absolute Gasteiger partial charge is 0.494 e. The Bertz CT molecular complexity index is 727. The fourth-order valence-corrected chi connectivity index (χ4v) is 3.10. The van der Waals surface area contributed by atoms with Gasteiger partial charge in [-0.05, 0) is 56.3 Å². The Kier molecular flexibility index (Phi) is 8.33. The third-order valence-corrected chi connectivity index (χ3v) is 4.84. The van der Waals surface area contributed by atoms with Crippen molar-refractivity contribution in [1.82, 2.24) is 15.1 Å². The third-order valence-electron chi connectivity index (χ3n) is 4.84. The van der Waals surface area contributed by atoms with Crippen molar-refractivity contribution in [3.8, 4) is 5.75 Å². The molecule has 0 aliphatic carbocycles. The summed E-state index contributed by atoms with van der Waals surface area (Å²) in [6.07, 6.45) is 1.03.